The lowest BCUT2D eigenvalue weighted by Crippen LogP contribution is -2.07. The summed E-state index contributed by atoms with van der Waals surface area (Å²) in [6, 6.07) is 14.8. The Morgan fingerprint density at radius 2 is 1.27 bits per heavy atom. The quantitative estimate of drug-likeness (QED) is 0.292. The zero-order chi connectivity index (χ0) is 21.6. The average Bonchev–Trinajstić information content (AvgIpc) is 2.75. The van der Waals surface area contributed by atoms with Crippen LogP contribution in [0.2, 0.25) is 0 Å². The van der Waals surface area contributed by atoms with Gasteiger partial charge in [0.15, 0.2) is 0 Å². The van der Waals surface area contributed by atoms with Crippen molar-refractivity contribution >= 4 is 0 Å². The van der Waals surface area contributed by atoms with Crippen LogP contribution in [0.4, 0.5) is 0 Å². The summed E-state index contributed by atoms with van der Waals surface area (Å²) in [5.41, 5.74) is 5.74. The molecule has 0 fully saturated rings. The van der Waals surface area contributed by atoms with Gasteiger partial charge in [0, 0.05) is 0 Å². The standard InChI is InChI=1S/C29H44O/c1-4-6-8-10-12-17-25-19-16-21-27(28(25)20-13-11-9-7-5-2)24(3)23-26-18-14-15-22-29(26)30/h14-16,18-19,21-22,24,30H,4-13,17,20,23H2,1-3H3. The molecule has 0 aliphatic carbocycles. The highest BCUT2D eigenvalue weighted by atomic mass is 16.3. The molecule has 1 nitrogen and oxygen atoms in total. The SMILES string of the molecule is CCCCCCCc1cccc(C(C)Cc2ccccc2O)c1CCCCCCC. The van der Waals surface area contributed by atoms with Crippen LogP contribution in [0.5, 0.6) is 5.75 Å². The van der Waals surface area contributed by atoms with Crippen LogP contribution in [0.15, 0.2) is 42.5 Å². The number of benzene rings is 2. The van der Waals surface area contributed by atoms with Crippen LogP contribution in [-0.4, -0.2) is 5.11 Å². The van der Waals surface area contributed by atoms with Crippen LogP contribution < -0.4 is 0 Å². The summed E-state index contributed by atoms with van der Waals surface area (Å²) < 4.78 is 0. The molecule has 0 aliphatic rings. The number of phenolic OH excluding ortho intramolecular Hbond substituents is 1. The smallest absolute Gasteiger partial charge is 0.118 e. The Balaban J connectivity index is 2.12. The highest BCUT2D eigenvalue weighted by Crippen LogP contribution is 2.31. The van der Waals surface area contributed by atoms with E-state index in [0.29, 0.717) is 11.7 Å². The molecule has 2 aromatic rings. The second-order valence-corrected chi connectivity index (χ2v) is 9.05. The van der Waals surface area contributed by atoms with E-state index < -0.39 is 0 Å². The van der Waals surface area contributed by atoms with Gasteiger partial charge in [0.05, 0.1) is 0 Å². The summed E-state index contributed by atoms with van der Waals surface area (Å²) in [5.74, 6) is 0.849. The first-order valence-corrected chi connectivity index (χ1v) is 12.5. The highest BCUT2D eigenvalue weighted by Gasteiger charge is 2.16. The van der Waals surface area contributed by atoms with Crippen LogP contribution in [0.1, 0.15) is 113 Å². The van der Waals surface area contributed by atoms with Gasteiger partial charge in [-0.15, -0.1) is 0 Å². The highest BCUT2D eigenvalue weighted by molar-refractivity contribution is 5.40. The molecule has 0 heterocycles. The first-order valence-electron chi connectivity index (χ1n) is 12.5. The van der Waals surface area contributed by atoms with E-state index in [-0.39, 0.29) is 0 Å². The van der Waals surface area contributed by atoms with Crippen molar-refractivity contribution in [2.24, 2.45) is 0 Å². The van der Waals surface area contributed by atoms with E-state index in [0.717, 1.165) is 12.0 Å². The minimum atomic E-state index is 0.420. The molecule has 1 unspecified atom stereocenters. The lowest BCUT2D eigenvalue weighted by molar-refractivity contribution is 0.465. The Bertz CT molecular complexity index is 718. The maximum atomic E-state index is 10.2. The maximum Gasteiger partial charge on any atom is 0.118 e. The molecule has 1 N–H and O–H groups in total. The lowest BCUT2D eigenvalue weighted by Gasteiger charge is -2.21. The molecule has 0 bridgehead atoms. The van der Waals surface area contributed by atoms with Crippen molar-refractivity contribution in [2.45, 2.75) is 110 Å². The zero-order valence-electron chi connectivity index (χ0n) is 19.8. The molecule has 0 spiro atoms. The zero-order valence-corrected chi connectivity index (χ0v) is 19.8. The van der Waals surface area contributed by atoms with Gasteiger partial charge in [0.1, 0.15) is 5.75 Å². The van der Waals surface area contributed by atoms with Gasteiger partial charge >= 0.3 is 0 Å². The minimum absolute atomic E-state index is 0.420. The first-order chi connectivity index (χ1) is 14.7. The largest absolute Gasteiger partial charge is 0.508 e. The Labute approximate surface area is 185 Å². The van der Waals surface area contributed by atoms with Crippen LogP contribution in [0.25, 0.3) is 0 Å². The van der Waals surface area contributed by atoms with Gasteiger partial charge in [0.2, 0.25) is 0 Å². The normalized spacial score (nSPS) is 12.2. The molecule has 0 aromatic heterocycles. The van der Waals surface area contributed by atoms with Crippen LogP contribution >= 0.6 is 0 Å². The lowest BCUT2D eigenvalue weighted by atomic mass is 9.84. The monoisotopic (exact) mass is 408 g/mol. The summed E-state index contributed by atoms with van der Waals surface area (Å²) in [5, 5.41) is 10.2. The number of unbranched alkanes of at least 4 members (excludes halogenated alkanes) is 8. The summed E-state index contributed by atoms with van der Waals surface area (Å²) >= 11 is 0. The van der Waals surface area contributed by atoms with Crippen LogP contribution in [-0.2, 0) is 19.3 Å². The van der Waals surface area contributed by atoms with Gasteiger partial charge in [-0.2, -0.15) is 0 Å². The van der Waals surface area contributed by atoms with E-state index in [9.17, 15) is 5.11 Å². The Morgan fingerprint density at radius 1 is 0.667 bits per heavy atom. The van der Waals surface area contributed by atoms with Crippen molar-refractivity contribution in [3.8, 4) is 5.75 Å². The van der Waals surface area contributed by atoms with Crippen molar-refractivity contribution in [3.05, 3.63) is 64.7 Å². The summed E-state index contributed by atoms with van der Waals surface area (Å²) in [6.07, 6.45) is 16.7. The van der Waals surface area contributed by atoms with Gasteiger partial charge in [-0.1, -0.05) is 109 Å². The van der Waals surface area contributed by atoms with E-state index >= 15 is 0 Å². The fourth-order valence-electron chi connectivity index (χ4n) is 4.60. The van der Waals surface area contributed by atoms with Crippen molar-refractivity contribution in [1.82, 2.24) is 0 Å². The van der Waals surface area contributed by atoms with Gasteiger partial charge in [-0.25, -0.2) is 0 Å². The number of aromatic hydroxyl groups is 1. The molecule has 1 atom stereocenters. The van der Waals surface area contributed by atoms with Gasteiger partial charge in [0.25, 0.3) is 0 Å². The Morgan fingerprint density at radius 3 is 1.93 bits per heavy atom. The van der Waals surface area contributed by atoms with Gasteiger partial charge in [-0.3, -0.25) is 0 Å². The van der Waals surface area contributed by atoms with Crippen LogP contribution in [0.3, 0.4) is 0 Å². The second-order valence-electron chi connectivity index (χ2n) is 9.05. The fraction of sp³-hybridized carbons (Fsp3) is 0.586. The first kappa shape index (κ1) is 24.5. The second kappa shape index (κ2) is 14.3. The van der Waals surface area contributed by atoms with Crippen LogP contribution in [0, 0.1) is 0 Å². The fourth-order valence-corrected chi connectivity index (χ4v) is 4.60. The minimum Gasteiger partial charge on any atom is -0.508 e. The number of phenols is 1. The van der Waals surface area contributed by atoms with Gasteiger partial charge in [-0.05, 0) is 66.3 Å². The molecule has 2 aromatic carbocycles. The van der Waals surface area contributed by atoms with E-state index in [1.165, 1.54) is 82.6 Å². The molecule has 0 aliphatic heterocycles. The number of para-hydroxylation sites is 1. The van der Waals surface area contributed by atoms with Crippen molar-refractivity contribution in [1.29, 1.82) is 0 Å². The van der Waals surface area contributed by atoms with E-state index in [4.69, 9.17) is 0 Å². The Hall–Kier alpha value is -1.76. The molecule has 30 heavy (non-hydrogen) atoms. The summed E-state index contributed by atoms with van der Waals surface area (Å²) in [6.45, 7) is 6.89. The molecule has 0 radical (unpaired) electrons. The molecule has 0 amide bonds. The third-order valence-corrected chi connectivity index (χ3v) is 6.44. The summed E-state index contributed by atoms with van der Waals surface area (Å²) in [7, 11) is 0. The van der Waals surface area contributed by atoms with E-state index in [2.05, 4.69) is 45.0 Å². The maximum absolute atomic E-state index is 10.2. The predicted octanol–water partition coefficient (Wildman–Crippen LogP) is 8.76. The number of aryl methyl sites for hydroxylation is 1. The number of hydrogen-bond donors (Lipinski definition) is 1. The molecular formula is C29H44O. The van der Waals surface area contributed by atoms with E-state index in [1.807, 2.05) is 18.2 Å². The Kier molecular flexibility index (Phi) is 11.7. The molecule has 0 saturated heterocycles. The predicted molar refractivity (Wildman–Crippen MR) is 132 cm³/mol. The average molecular weight is 409 g/mol. The third-order valence-electron chi connectivity index (χ3n) is 6.44. The third kappa shape index (κ3) is 8.17. The van der Waals surface area contributed by atoms with Crippen molar-refractivity contribution in [3.63, 3.8) is 0 Å². The molecule has 166 valence electrons. The molecular weight excluding hydrogens is 364 g/mol. The van der Waals surface area contributed by atoms with Gasteiger partial charge < -0.3 is 5.11 Å². The topological polar surface area (TPSA) is 20.2 Å². The number of hydrogen-bond acceptors (Lipinski definition) is 1. The number of rotatable bonds is 15. The van der Waals surface area contributed by atoms with Crippen molar-refractivity contribution in [2.75, 3.05) is 0 Å². The molecule has 2 rings (SSSR count). The van der Waals surface area contributed by atoms with E-state index in [1.54, 1.807) is 11.1 Å². The molecule has 0 saturated carbocycles. The van der Waals surface area contributed by atoms with Crippen molar-refractivity contribution < 1.29 is 5.11 Å². The summed E-state index contributed by atoms with van der Waals surface area (Å²) in [4.78, 5) is 0. The molecule has 1 heteroatoms.